The molecule has 0 saturated carbocycles. The summed E-state index contributed by atoms with van der Waals surface area (Å²) in [5.41, 5.74) is 10.5. The molecule has 3 N–H and O–H groups in total. The van der Waals surface area contributed by atoms with Crippen molar-refractivity contribution in [3.05, 3.63) is 85.6 Å². The first-order valence-electron chi connectivity index (χ1n) is 14.7. The fourth-order valence-electron chi connectivity index (χ4n) is 6.58. The molecule has 2 aliphatic rings. The number of fused-ring (bicyclic) bond motifs is 5. The summed E-state index contributed by atoms with van der Waals surface area (Å²) in [6.45, 7) is 16.8. The number of ketones is 1. The van der Waals surface area contributed by atoms with Crippen LogP contribution in [0, 0.1) is 38.5 Å². The normalized spacial score (nSPS) is 23.5. The van der Waals surface area contributed by atoms with Crippen molar-refractivity contribution in [1.82, 2.24) is 15.0 Å². The molecule has 0 amide bonds. The maximum atomic E-state index is 13.8. The smallest absolute Gasteiger partial charge is 0.321 e. The van der Waals surface area contributed by atoms with Crippen LogP contribution in [0.4, 0.5) is 0 Å². The molecule has 6 heteroatoms. The van der Waals surface area contributed by atoms with E-state index in [1.165, 1.54) is 18.2 Å². The first-order chi connectivity index (χ1) is 19.6. The number of carbonyl (C=O) groups is 2. The van der Waals surface area contributed by atoms with Crippen molar-refractivity contribution in [2.45, 2.75) is 60.8 Å². The van der Waals surface area contributed by atoms with Gasteiger partial charge < -0.3 is 19.7 Å². The van der Waals surface area contributed by atoms with Gasteiger partial charge in [-0.15, -0.1) is 0 Å². The molecule has 0 saturated heterocycles. The lowest BCUT2D eigenvalue weighted by Gasteiger charge is -2.20. The van der Waals surface area contributed by atoms with E-state index >= 15 is 0 Å². The fourth-order valence-corrected chi connectivity index (χ4v) is 6.58. The second kappa shape index (κ2) is 11.1. The highest BCUT2D eigenvalue weighted by molar-refractivity contribution is 6.24. The van der Waals surface area contributed by atoms with Crippen molar-refractivity contribution in [3.63, 3.8) is 0 Å². The largest absolute Gasteiger partial charge is 0.468 e. The number of aromatic nitrogens is 3. The number of methoxy groups -OCH3 is 1. The van der Waals surface area contributed by atoms with Crippen LogP contribution in [-0.2, 0) is 16.0 Å². The number of hydrogen-bond acceptors (Lipinski definition) is 3. The second-order valence-electron chi connectivity index (χ2n) is 11.4. The zero-order valence-electron chi connectivity index (χ0n) is 25.2. The molecule has 1 aliphatic heterocycles. The molecule has 5 rings (SSSR count). The SMILES string of the molecule is C=Cc1c2[nH]c(c1C)/C=C/[C@@H](C)[C@H](CCC)/C=C1/c3[nH]c(c(C)c3C(=O)[C@@H]1C(=O)OC)/C=c1\[nH]/c(c(C)c1CC)=C\2. The molecule has 6 bridgehead atoms. The molecule has 214 valence electrons. The molecule has 0 spiro atoms. The van der Waals surface area contributed by atoms with E-state index in [1.54, 1.807) is 0 Å². The standard InChI is InChI=1S/C35H41N3O3/c1-9-12-22-15-25-32(35(40)41-8)34(39)31-21(7)28(38-33(25)31)17-30-24(11-3)20(6)27(37-30)16-29-23(10-2)19(5)26(36-29)14-13-18(22)4/h10,13-18,22,32,36-38H,2,9,11-12H2,1,3-8H3/b14-13+,25-15+,27-16-,30-17-/t18-,22-,32-/m1/s1. The lowest BCUT2D eigenvalue weighted by atomic mass is 9.85. The molecule has 4 heterocycles. The minimum absolute atomic E-state index is 0.129. The van der Waals surface area contributed by atoms with Crippen LogP contribution in [0.3, 0.4) is 0 Å². The van der Waals surface area contributed by atoms with Gasteiger partial charge in [-0.3, -0.25) is 9.59 Å². The van der Waals surface area contributed by atoms with E-state index in [0.29, 0.717) is 5.56 Å². The second-order valence-corrected chi connectivity index (χ2v) is 11.4. The number of ether oxygens (including phenoxy) is 1. The van der Waals surface area contributed by atoms with Crippen LogP contribution < -0.4 is 10.7 Å². The Morgan fingerprint density at radius 3 is 2.39 bits per heavy atom. The topological polar surface area (TPSA) is 90.7 Å². The Labute approximate surface area is 242 Å². The van der Waals surface area contributed by atoms with E-state index in [1.807, 2.05) is 13.0 Å². The van der Waals surface area contributed by atoms with Crippen LogP contribution >= 0.6 is 0 Å². The van der Waals surface area contributed by atoms with Gasteiger partial charge in [0.25, 0.3) is 0 Å². The van der Waals surface area contributed by atoms with E-state index in [4.69, 9.17) is 4.74 Å². The zero-order chi connectivity index (χ0) is 29.6. The summed E-state index contributed by atoms with van der Waals surface area (Å²) < 4.78 is 5.13. The van der Waals surface area contributed by atoms with E-state index in [9.17, 15) is 9.59 Å². The van der Waals surface area contributed by atoms with Gasteiger partial charge in [0.15, 0.2) is 5.78 Å². The third-order valence-corrected chi connectivity index (χ3v) is 9.04. The highest BCUT2D eigenvalue weighted by Gasteiger charge is 2.44. The maximum Gasteiger partial charge on any atom is 0.321 e. The van der Waals surface area contributed by atoms with E-state index in [-0.39, 0.29) is 17.6 Å². The van der Waals surface area contributed by atoms with Gasteiger partial charge in [-0.2, -0.15) is 0 Å². The van der Waals surface area contributed by atoms with Gasteiger partial charge in [0.1, 0.15) is 5.92 Å². The van der Waals surface area contributed by atoms with Crippen LogP contribution in [0.2, 0.25) is 0 Å². The predicted octanol–water partition coefficient (Wildman–Crippen LogP) is 5.91. The minimum Gasteiger partial charge on any atom is -0.468 e. The van der Waals surface area contributed by atoms with Gasteiger partial charge in [0, 0.05) is 38.9 Å². The van der Waals surface area contributed by atoms with Gasteiger partial charge >= 0.3 is 5.97 Å². The molecule has 3 atom stereocenters. The molecular formula is C35H41N3O3. The Bertz CT molecular complexity index is 1740. The Morgan fingerprint density at radius 2 is 1.73 bits per heavy atom. The van der Waals surface area contributed by atoms with E-state index in [0.717, 1.165) is 75.0 Å². The summed E-state index contributed by atoms with van der Waals surface area (Å²) in [6.07, 6.45) is 15.5. The van der Waals surface area contributed by atoms with Crippen LogP contribution in [0.5, 0.6) is 0 Å². The van der Waals surface area contributed by atoms with Crippen molar-refractivity contribution >= 4 is 41.6 Å². The van der Waals surface area contributed by atoms with Gasteiger partial charge in [-0.25, -0.2) is 0 Å². The highest BCUT2D eigenvalue weighted by Crippen LogP contribution is 2.42. The van der Waals surface area contributed by atoms with Crippen molar-refractivity contribution < 1.29 is 14.3 Å². The Kier molecular flexibility index (Phi) is 7.69. The minimum atomic E-state index is -0.949. The third kappa shape index (κ3) is 4.69. The molecule has 0 unspecified atom stereocenters. The monoisotopic (exact) mass is 551 g/mol. The zero-order valence-corrected chi connectivity index (χ0v) is 25.2. The number of carbonyl (C=O) groups excluding carboxylic acids is 2. The summed E-state index contributed by atoms with van der Waals surface area (Å²) in [5, 5.41) is 2.04. The van der Waals surface area contributed by atoms with Gasteiger partial charge in [0.2, 0.25) is 0 Å². The molecular weight excluding hydrogens is 510 g/mol. The molecule has 3 aromatic rings. The van der Waals surface area contributed by atoms with Crippen molar-refractivity contribution in [1.29, 1.82) is 0 Å². The number of rotatable bonds is 5. The number of H-pyrrole nitrogens is 3. The first kappa shape index (κ1) is 28.5. The molecule has 0 radical (unpaired) electrons. The summed E-state index contributed by atoms with van der Waals surface area (Å²) in [7, 11) is 1.35. The summed E-state index contributed by atoms with van der Waals surface area (Å²) >= 11 is 0. The lowest BCUT2D eigenvalue weighted by molar-refractivity contribution is -0.141. The van der Waals surface area contributed by atoms with Crippen LogP contribution in [0.1, 0.15) is 94.6 Å². The average Bonchev–Trinajstić information content (AvgIpc) is 3.62. The lowest BCUT2D eigenvalue weighted by Crippen LogP contribution is -2.23. The van der Waals surface area contributed by atoms with E-state index < -0.39 is 11.9 Å². The third-order valence-electron chi connectivity index (χ3n) is 9.04. The number of Topliss-reactive ketones (excluding diaryl/α,β-unsaturated/α-hetero) is 1. The van der Waals surface area contributed by atoms with Crippen molar-refractivity contribution in [2.24, 2.45) is 17.8 Å². The van der Waals surface area contributed by atoms with E-state index in [2.05, 4.69) is 86.5 Å². The van der Waals surface area contributed by atoms with Crippen LogP contribution in [0.25, 0.3) is 29.9 Å². The number of esters is 1. The number of aromatic amines is 3. The Morgan fingerprint density at radius 1 is 1.00 bits per heavy atom. The molecule has 3 aromatic heterocycles. The fraction of sp³-hybridized carbons (Fsp3) is 0.371. The number of hydrogen-bond donors (Lipinski definition) is 3. The van der Waals surface area contributed by atoms with Crippen molar-refractivity contribution in [2.75, 3.05) is 7.11 Å². The van der Waals surface area contributed by atoms with Gasteiger partial charge in [-0.1, -0.05) is 52.0 Å². The predicted molar refractivity (Wildman–Crippen MR) is 167 cm³/mol. The molecule has 0 aromatic carbocycles. The molecule has 41 heavy (non-hydrogen) atoms. The summed E-state index contributed by atoms with van der Waals surface area (Å²) in [5.74, 6) is -1.36. The van der Waals surface area contributed by atoms with Crippen LogP contribution in [-0.4, -0.2) is 33.8 Å². The molecule has 6 nitrogen and oxygen atoms in total. The Balaban J connectivity index is 1.85. The average molecular weight is 552 g/mol. The first-order valence-corrected chi connectivity index (χ1v) is 14.7. The molecule has 1 aliphatic carbocycles. The van der Waals surface area contributed by atoms with Gasteiger partial charge in [0.05, 0.1) is 12.8 Å². The van der Waals surface area contributed by atoms with Gasteiger partial charge in [-0.05, 0) is 91.5 Å². The van der Waals surface area contributed by atoms with Crippen molar-refractivity contribution in [3.8, 4) is 0 Å². The Hall–Kier alpha value is -4.06. The van der Waals surface area contributed by atoms with Crippen LogP contribution in [0.15, 0.2) is 18.7 Å². The summed E-state index contributed by atoms with van der Waals surface area (Å²) in [4.78, 5) is 37.5. The maximum absolute atomic E-state index is 13.8. The number of nitrogens with one attached hydrogen (secondary N) is 3. The quantitative estimate of drug-likeness (QED) is 0.272. The highest BCUT2D eigenvalue weighted by atomic mass is 16.5. The molecule has 0 fully saturated rings. The summed E-state index contributed by atoms with van der Waals surface area (Å²) in [6, 6.07) is 0. The number of allylic oxidation sites excluding steroid dienone is 2.